The SMILES string of the molecule is CCCN(CC)CCNS(=O)(=O)c1cc(CN)ccc1Cl. The number of hydrogen-bond donors (Lipinski definition) is 2. The van der Waals surface area contributed by atoms with Crippen LogP contribution in [-0.2, 0) is 16.6 Å². The standard InChI is InChI=1S/C14H24ClN3O2S/c1-3-8-18(4-2)9-7-17-21(19,20)14-10-12(11-16)5-6-13(14)15/h5-6,10,17H,3-4,7-9,11,16H2,1-2H3. The highest BCUT2D eigenvalue weighted by molar-refractivity contribution is 7.89. The molecular formula is C14H24ClN3O2S. The Bertz CT molecular complexity index is 549. The molecule has 21 heavy (non-hydrogen) atoms. The minimum atomic E-state index is -3.61. The van der Waals surface area contributed by atoms with Crippen molar-refractivity contribution in [2.24, 2.45) is 5.73 Å². The lowest BCUT2D eigenvalue weighted by Gasteiger charge is -2.19. The van der Waals surface area contributed by atoms with Gasteiger partial charge in [-0.05, 0) is 37.2 Å². The van der Waals surface area contributed by atoms with E-state index >= 15 is 0 Å². The van der Waals surface area contributed by atoms with Crippen molar-refractivity contribution in [3.8, 4) is 0 Å². The van der Waals surface area contributed by atoms with Gasteiger partial charge in [-0.2, -0.15) is 0 Å². The number of likely N-dealkylation sites (N-methyl/N-ethyl adjacent to an activating group) is 1. The highest BCUT2D eigenvalue weighted by atomic mass is 35.5. The zero-order chi connectivity index (χ0) is 15.9. The third-order valence-electron chi connectivity index (χ3n) is 3.23. The molecule has 0 unspecified atom stereocenters. The molecule has 0 heterocycles. The Morgan fingerprint density at radius 3 is 2.57 bits per heavy atom. The monoisotopic (exact) mass is 333 g/mol. The number of halogens is 1. The molecule has 0 atom stereocenters. The maximum Gasteiger partial charge on any atom is 0.242 e. The minimum absolute atomic E-state index is 0.0886. The van der Waals surface area contributed by atoms with E-state index < -0.39 is 10.0 Å². The van der Waals surface area contributed by atoms with Crippen molar-refractivity contribution in [1.82, 2.24) is 9.62 Å². The van der Waals surface area contributed by atoms with Gasteiger partial charge in [-0.25, -0.2) is 13.1 Å². The van der Waals surface area contributed by atoms with Crippen LogP contribution in [-0.4, -0.2) is 39.5 Å². The Kier molecular flexibility index (Phi) is 7.62. The van der Waals surface area contributed by atoms with Crippen LogP contribution in [0.2, 0.25) is 5.02 Å². The summed E-state index contributed by atoms with van der Waals surface area (Å²) in [5.41, 5.74) is 6.28. The summed E-state index contributed by atoms with van der Waals surface area (Å²) in [5, 5.41) is 0.209. The van der Waals surface area contributed by atoms with Crippen molar-refractivity contribution in [3.05, 3.63) is 28.8 Å². The molecule has 0 bridgehead atoms. The third kappa shape index (κ3) is 5.56. The van der Waals surface area contributed by atoms with Crippen LogP contribution in [0.3, 0.4) is 0 Å². The van der Waals surface area contributed by atoms with E-state index in [1.807, 2.05) is 0 Å². The van der Waals surface area contributed by atoms with Gasteiger partial charge in [-0.15, -0.1) is 0 Å². The summed E-state index contributed by atoms with van der Waals surface area (Å²) in [4.78, 5) is 2.28. The van der Waals surface area contributed by atoms with Crippen molar-refractivity contribution in [1.29, 1.82) is 0 Å². The van der Waals surface area contributed by atoms with Crippen LogP contribution < -0.4 is 10.5 Å². The summed E-state index contributed by atoms with van der Waals surface area (Å²) in [7, 11) is -3.61. The summed E-state index contributed by atoms with van der Waals surface area (Å²) in [6.07, 6.45) is 1.05. The van der Waals surface area contributed by atoms with E-state index in [-0.39, 0.29) is 16.5 Å². The Morgan fingerprint density at radius 1 is 1.29 bits per heavy atom. The quantitative estimate of drug-likeness (QED) is 0.722. The first kappa shape index (κ1) is 18.4. The molecule has 1 rings (SSSR count). The van der Waals surface area contributed by atoms with Gasteiger partial charge in [0.2, 0.25) is 10.0 Å². The van der Waals surface area contributed by atoms with E-state index in [2.05, 4.69) is 23.5 Å². The fourth-order valence-corrected chi connectivity index (χ4v) is 3.61. The van der Waals surface area contributed by atoms with E-state index in [1.165, 1.54) is 6.07 Å². The van der Waals surface area contributed by atoms with E-state index in [4.69, 9.17) is 17.3 Å². The van der Waals surface area contributed by atoms with Gasteiger partial charge < -0.3 is 10.6 Å². The van der Waals surface area contributed by atoms with Crippen LogP contribution in [0.25, 0.3) is 0 Å². The van der Waals surface area contributed by atoms with Crippen molar-refractivity contribution in [3.63, 3.8) is 0 Å². The van der Waals surface area contributed by atoms with Crippen molar-refractivity contribution in [2.45, 2.75) is 31.7 Å². The lowest BCUT2D eigenvalue weighted by molar-refractivity contribution is 0.293. The molecule has 1 aromatic rings. The molecule has 0 aliphatic carbocycles. The van der Waals surface area contributed by atoms with Gasteiger partial charge in [0.15, 0.2) is 0 Å². The topological polar surface area (TPSA) is 75.4 Å². The molecule has 0 aliphatic rings. The number of benzene rings is 1. The number of sulfonamides is 1. The zero-order valence-corrected chi connectivity index (χ0v) is 14.2. The van der Waals surface area contributed by atoms with Gasteiger partial charge in [-0.3, -0.25) is 0 Å². The fraction of sp³-hybridized carbons (Fsp3) is 0.571. The molecule has 0 saturated carbocycles. The first-order valence-corrected chi connectivity index (χ1v) is 9.01. The van der Waals surface area contributed by atoms with Crippen LogP contribution >= 0.6 is 11.6 Å². The molecule has 0 spiro atoms. The molecule has 0 fully saturated rings. The first-order chi connectivity index (χ1) is 9.94. The summed E-state index contributed by atoms with van der Waals surface area (Å²) in [6.45, 7) is 7.34. The molecule has 0 amide bonds. The molecule has 3 N–H and O–H groups in total. The first-order valence-electron chi connectivity index (χ1n) is 7.15. The molecule has 0 aliphatic heterocycles. The lowest BCUT2D eigenvalue weighted by atomic mass is 10.2. The van der Waals surface area contributed by atoms with E-state index in [9.17, 15) is 8.42 Å². The van der Waals surface area contributed by atoms with E-state index in [0.29, 0.717) is 13.1 Å². The molecule has 7 heteroatoms. The fourth-order valence-electron chi connectivity index (χ4n) is 2.04. The normalized spacial score (nSPS) is 12.0. The zero-order valence-electron chi connectivity index (χ0n) is 12.6. The van der Waals surface area contributed by atoms with Crippen LogP contribution in [0, 0.1) is 0 Å². The Labute approximate surface area is 132 Å². The minimum Gasteiger partial charge on any atom is -0.326 e. The van der Waals surface area contributed by atoms with Crippen molar-refractivity contribution >= 4 is 21.6 Å². The Morgan fingerprint density at radius 2 is 2.00 bits per heavy atom. The van der Waals surface area contributed by atoms with Gasteiger partial charge in [0, 0.05) is 19.6 Å². The van der Waals surface area contributed by atoms with Gasteiger partial charge in [0.05, 0.1) is 5.02 Å². The number of nitrogens with zero attached hydrogens (tertiary/aromatic N) is 1. The molecule has 5 nitrogen and oxygen atoms in total. The second-order valence-corrected chi connectivity index (χ2v) is 6.94. The van der Waals surface area contributed by atoms with Crippen LogP contribution in [0.1, 0.15) is 25.8 Å². The van der Waals surface area contributed by atoms with Crippen LogP contribution in [0.5, 0.6) is 0 Å². The van der Waals surface area contributed by atoms with Crippen LogP contribution in [0.4, 0.5) is 0 Å². The second-order valence-electron chi connectivity index (χ2n) is 4.80. The molecular weight excluding hydrogens is 310 g/mol. The maximum atomic E-state index is 12.3. The average Bonchev–Trinajstić information content (AvgIpc) is 2.46. The van der Waals surface area contributed by atoms with Gasteiger partial charge in [-0.1, -0.05) is 31.5 Å². The van der Waals surface area contributed by atoms with Crippen molar-refractivity contribution < 1.29 is 8.42 Å². The molecule has 0 radical (unpaired) electrons. The number of hydrogen-bond acceptors (Lipinski definition) is 4. The van der Waals surface area contributed by atoms with E-state index in [0.717, 1.165) is 25.1 Å². The van der Waals surface area contributed by atoms with E-state index in [1.54, 1.807) is 12.1 Å². The number of nitrogens with two attached hydrogens (primary N) is 1. The molecule has 1 aromatic carbocycles. The Balaban J connectivity index is 2.73. The number of rotatable bonds is 9. The highest BCUT2D eigenvalue weighted by Gasteiger charge is 2.18. The van der Waals surface area contributed by atoms with Crippen molar-refractivity contribution in [2.75, 3.05) is 26.2 Å². The predicted molar refractivity (Wildman–Crippen MR) is 86.9 cm³/mol. The summed E-state index contributed by atoms with van der Waals surface area (Å²) in [5.74, 6) is 0. The molecule has 0 saturated heterocycles. The number of nitrogens with one attached hydrogen (secondary N) is 1. The summed E-state index contributed by atoms with van der Waals surface area (Å²) < 4.78 is 27.2. The Hall–Kier alpha value is -0.660. The average molecular weight is 334 g/mol. The van der Waals surface area contributed by atoms with Gasteiger partial charge in [0.1, 0.15) is 4.90 Å². The maximum absolute atomic E-state index is 12.3. The largest absolute Gasteiger partial charge is 0.326 e. The molecule has 0 aromatic heterocycles. The van der Waals surface area contributed by atoms with Gasteiger partial charge in [0.25, 0.3) is 0 Å². The predicted octanol–water partition coefficient (Wildman–Crippen LogP) is 1.81. The second kappa shape index (κ2) is 8.70. The van der Waals surface area contributed by atoms with Crippen LogP contribution in [0.15, 0.2) is 23.1 Å². The summed E-state index contributed by atoms with van der Waals surface area (Å²) in [6, 6.07) is 4.81. The van der Waals surface area contributed by atoms with Gasteiger partial charge >= 0.3 is 0 Å². The summed E-state index contributed by atoms with van der Waals surface area (Å²) >= 11 is 5.99. The highest BCUT2D eigenvalue weighted by Crippen LogP contribution is 2.22. The third-order valence-corrected chi connectivity index (χ3v) is 5.17. The smallest absolute Gasteiger partial charge is 0.242 e. The molecule has 120 valence electrons. The lowest BCUT2D eigenvalue weighted by Crippen LogP contribution is -2.35.